The monoisotopic (exact) mass is 339 g/mol. The molecule has 1 aliphatic rings. The van der Waals surface area contributed by atoms with Crippen LogP contribution in [0.1, 0.15) is 40.0 Å². The Morgan fingerprint density at radius 1 is 1.40 bits per heavy atom. The van der Waals surface area contributed by atoms with Crippen molar-refractivity contribution < 1.29 is 9.53 Å². The molecule has 0 spiro atoms. The normalized spacial score (nSPS) is 22.3. The molecule has 1 aromatic carbocycles. The molecule has 0 heterocycles. The highest BCUT2D eigenvalue weighted by molar-refractivity contribution is 9.10. The van der Waals surface area contributed by atoms with Crippen molar-refractivity contribution in [3.8, 4) is 5.75 Å². The Hall–Kier alpha value is -1.03. The van der Waals surface area contributed by atoms with Gasteiger partial charge in [0, 0.05) is 10.5 Å². The van der Waals surface area contributed by atoms with Crippen molar-refractivity contribution in [1.29, 1.82) is 0 Å². The highest BCUT2D eigenvalue weighted by Gasteiger charge is 2.32. The van der Waals surface area contributed by atoms with Crippen LogP contribution in [0.4, 0.5) is 0 Å². The molecule has 2 atom stereocenters. The van der Waals surface area contributed by atoms with E-state index in [0.29, 0.717) is 11.2 Å². The first-order chi connectivity index (χ1) is 9.35. The van der Waals surface area contributed by atoms with Gasteiger partial charge in [-0.05, 0) is 55.9 Å². The maximum Gasteiger partial charge on any atom is 0.260 e. The number of nitrogens with one attached hydrogen (secondary N) is 1. The van der Waals surface area contributed by atoms with Crippen LogP contribution in [-0.4, -0.2) is 18.1 Å². The van der Waals surface area contributed by atoms with Crippen molar-refractivity contribution in [3.63, 3.8) is 0 Å². The van der Waals surface area contributed by atoms with E-state index in [9.17, 15) is 4.79 Å². The Morgan fingerprint density at radius 2 is 2.05 bits per heavy atom. The summed E-state index contributed by atoms with van der Waals surface area (Å²) >= 11 is 3.37. The minimum atomic E-state index is -0.472. The number of ether oxygens (including phenoxy) is 1. The number of amides is 1. The van der Waals surface area contributed by atoms with Crippen LogP contribution in [0.25, 0.3) is 0 Å². The van der Waals surface area contributed by atoms with E-state index in [0.717, 1.165) is 17.3 Å². The van der Waals surface area contributed by atoms with Gasteiger partial charge in [0.05, 0.1) is 0 Å². The van der Waals surface area contributed by atoms with Gasteiger partial charge in [-0.3, -0.25) is 4.79 Å². The highest BCUT2D eigenvalue weighted by atomic mass is 79.9. The lowest BCUT2D eigenvalue weighted by Gasteiger charge is -2.20. The largest absolute Gasteiger partial charge is 0.481 e. The summed E-state index contributed by atoms with van der Waals surface area (Å²) in [5, 5.41) is 3.09. The minimum Gasteiger partial charge on any atom is -0.481 e. The van der Waals surface area contributed by atoms with E-state index in [-0.39, 0.29) is 11.9 Å². The van der Waals surface area contributed by atoms with Gasteiger partial charge in [-0.2, -0.15) is 0 Å². The Kier molecular flexibility index (Phi) is 4.74. The Labute approximate surface area is 129 Å². The molecule has 3 nitrogen and oxygen atoms in total. The molecule has 0 aliphatic heterocycles. The van der Waals surface area contributed by atoms with Gasteiger partial charge in [-0.1, -0.05) is 29.8 Å². The van der Waals surface area contributed by atoms with Gasteiger partial charge in [-0.25, -0.2) is 0 Å². The van der Waals surface area contributed by atoms with Gasteiger partial charge < -0.3 is 10.1 Å². The van der Waals surface area contributed by atoms with Crippen molar-refractivity contribution in [2.75, 3.05) is 0 Å². The van der Waals surface area contributed by atoms with Gasteiger partial charge in [-0.15, -0.1) is 0 Å². The fourth-order valence-electron chi connectivity index (χ4n) is 2.65. The van der Waals surface area contributed by atoms with Gasteiger partial charge in [0.2, 0.25) is 0 Å². The predicted octanol–water partition coefficient (Wildman–Crippen LogP) is 3.91. The van der Waals surface area contributed by atoms with Crippen LogP contribution in [0.5, 0.6) is 5.75 Å². The van der Waals surface area contributed by atoms with E-state index in [2.05, 4.69) is 35.1 Å². The molecular weight excluding hydrogens is 318 g/mol. The van der Waals surface area contributed by atoms with Crippen LogP contribution < -0.4 is 10.1 Å². The average molecular weight is 340 g/mol. The molecule has 2 unspecified atom stereocenters. The van der Waals surface area contributed by atoms with E-state index >= 15 is 0 Å². The Bertz CT molecular complexity index is 470. The first kappa shape index (κ1) is 15.4. The van der Waals surface area contributed by atoms with Gasteiger partial charge in [0.25, 0.3) is 5.91 Å². The average Bonchev–Trinajstić information content (AvgIpc) is 2.71. The fourth-order valence-corrected chi connectivity index (χ4v) is 2.91. The zero-order valence-corrected chi connectivity index (χ0v) is 13.9. The molecule has 110 valence electrons. The topological polar surface area (TPSA) is 38.3 Å². The molecule has 20 heavy (non-hydrogen) atoms. The number of carbonyl (C=O) groups excluding carboxylic acids is 1. The van der Waals surface area contributed by atoms with Crippen LogP contribution in [0.3, 0.4) is 0 Å². The van der Waals surface area contributed by atoms with E-state index in [1.165, 1.54) is 6.42 Å². The molecule has 1 fully saturated rings. The fraction of sp³-hybridized carbons (Fsp3) is 0.562. The van der Waals surface area contributed by atoms with E-state index in [1.807, 2.05) is 24.3 Å². The number of carbonyl (C=O) groups is 1. The summed E-state index contributed by atoms with van der Waals surface area (Å²) < 4.78 is 6.66. The number of halogens is 1. The predicted molar refractivity (Wildman–Crippen MR) is 83.8 cm³/mol. The van der Waals surface area contributed by atoms with Crippen LogP contribution in [0.2, 0.25) is 0 Å². The first-order valence-corrected chi connectivity index (χ1v) is 7.88. The van der Waals surface area contributed by atoms with Crippen LogP contribution in [-0.2, 0) is 4.79 Å². The second-order valence-electron chi connectivity index (χ2n) is 6.33. The second kappa shape index (κ2) is 6.17. The lowest BCUT2D eigenvalue weighted by atomic mass is 9.92. The molecule has 1 aliphatic carbocycles. The van der Waals surface area contributed by atoms with Crippen molar-refractivity contribution in [1.82, 2.24) is 5.32 Å². The summed E-state index contributed by atoms with van der Waals surface area (Å²) in [5.41, 5.74) is 0.341. The molecule has 2 rings (SSSR count). The van der Waals surface area contributed by atoms with Crippen LogP contribution in [0, 0.1) is 5.41 Å². The standard InChI is InChI=1S/C16H22BrNO2/c1-11(20-14-6-4-12(17)5-7-14)15(19)18-13-8-9-16(2,3)10-13/h4-7,11,13H,8-10H2,1-3H3,(H,18,19). The third-order valence-corrected chi connectivity index (χ3v) is 4.34. The van der Waals surface area contributed by atoms with Crippen molar-refractivity contribution in [2.24, 2.45) is 5.41 Å². The van der Waals surface area contributed by atoms with Crippen molar-refractivity contribution in [2.45, 2.75) is 52.2 Å². The van der Waals surface area contributed by atoms with Crippen LogP contribution in [0.15, 0.2) is 28.7 Å². The summed E-state index contributed by atoms with van der Waals surface area (Å²) in [5.74, 6) is 0.679. The maximum absolute atomic E-state index is 12.1. The summed E-state index contributed by atoms with van der Waals surface area (Å²) in [6.45, 7) is 6.29. The third-order valence-electron chi connectivity index (χ3n) is 3.81. The summed E-state index contributed by atoms with van der Waals surface area (Å²) in [4.78, 5) is 12.1. The quantitative estimate of drug-likeness (QED) is 0.902. The Balaban J connectivity index is 1.85. The summed E-state index contributed by atoms with van der Waals surface area (Å²) in [6.07, 6.45) is 2.80. The van der Waals surface area contributed by atoms with Crippen molar-refractivity contribution >= 4 is 21.8 Å². The van der Waals surface area contributed by atoms with E-state index < -0.39 is 6.10 Å². The highest BCUT2D eigenvalue weighted by Crippen LogP contribution is 2.36. The second-order valence-corrected chi connectivity index (χ2v) is 7.24. The van der Waals surface area contributed by atoms with Gasteiger partial charge in [0.1, 0.15) is 5.75 Å². The van der Waals surface area contributed by atoms with Crippen molar-refractivity contribution in [3.05, 3.63) is 28.7 Å². The molecule has 0 radical (unpaired) electrons. The molecule has 1 amide bonds. The molecular formula is C16H22BrNO2. The molecule has 0 bridgehead atoms. The van der Waals surface area contributed by atoms with Gasteiger partial charge >= 0.3 is 0 Å². The smallest absolute Gasteiger partial charge is 0.260 e. The van der Waals surface area contributed by atoms with Gasteiger partial charge in [0.15, 0.2) is 6.10 Å². The lowest BCUT2D eigenvalue weighted by molar-refractivity contribution is -0.128. The molecule has 1 aromatic rings. The number of hydrogen-bond donors (Lipinski definition) is 1. The lowest BCUT2D eigenvalue weighted by Crippen LogP contribution is -2.41. The first-order valence-electron chi connectivity index (χ1n) is 7.08. The number of benzene rings is 1. The number of hydrogen-bond acceptors (Lipinski definition) is 2. The zero-order valence-electron chi connectivity index (χ0n) is 12.3. The van der Waals surface area contributed by atoms with E-state index in [1.54, 1.807) is 6.92 Å². The minimum absolute atomic E-state index is 0.0318. The molecule has 1 saturated carbocycles. The zero-order chi connectivity index (χ0) is 14.8. The maximum atomic E-state index is 12.1. The summed E-state index contributed by atoms with van der Waals surface area (Å²) in [7, 11) is 0. The molecule has 1 N–H and O–H groups in total. The Morgan fingerprint density at radius 3 is 2.60 bits per heavy atom. The van der Waals surface area contributed by atoms with Crippen LogP contribution >= 0.6 is 15.9 Å². The molecule has 0 saturated heterocycles. The SMILES string of the molecule is CC(Oc1ccc(Br)cc1)C(=O)NC1CCC(C)(C)C1. The third kappa shape index (κ3) is 4.23. The molecule has 4 heteroatoms. The van der Waals surface area contributed by atoms with E-state index in [4.69, 9.17) is 4.74 Å². The molecule has 0 aromatic heterocycles. The summed E-state index contributed by atoms with van der Waals surface area (Å²) in [6, 6.07) is 7.80. The number of rotatable bonds is 4.